The predicted molar refractivity (Wildman–Crippen MR) is 88.6 cm³/mol. The van der Waals surface area contributed by atoms with Gasteiger partial charge in [0.2, 0.25) is 0 Å². The molecule has 1 aliphatic heterocycles. The van der Waals surface area contributed by atoms with Crippen molar-refractivity contribution in [3.63, 3.8) is 0 Å². The molecule has 0 aromatic heterocycles. The van der Waals surface area contributed by atoms with Gasteiger partial charge in [-0.05, 0) is 59.8 Å². The third-order valence-electron chi connectivity index (χ3n) is 3.12. The molecule has 0 unspecified atom stereocenters. The highest BCUT2D eigenvalue weighted by molar-refractivity contribution is 8.18. The Kier molecular flexibility index (Phi) is 4.34. The fraction of sp³-hybridized carbons (Fsp3) is 0.0588. The summed E-state index contributed by atoms with van der Waals surface area (Å²) in [6, 6.07) is 14.5. The van der Waals surface area contributed by atoms with Crippen molar-refractivity contribution in [2.45, 2.75) is 0 Å². The average Bonchev–Trinajstić information content (AvgIpc) is 2.87. The molecule has 0 radical (unpaired) electrons. The summed E-state index contributed by atoms with van der Waals surface area (Å²) in [5.41, 5.74) is 0.819. The van der Waals surface area contributed by atoms with E-state index in [1.807, 2.05) is 36.4 Å². The minimum Gasteiger partial charge on any atom is -0.497 e. The number of imide groups is 1. The third-order valence-corrected chi connectivity index (χ3v) is 3.93. The van der Waals surface area contributed by atoms with E-state index < -0.39 is 0 Å². The van der Waals surface area contributed by atoms with Gasteiger partial charge >= 0.3 is 0 Å². The summed E-state index contributed by atoms with van der Waals surface area (Å²) in [6.07, 6.45) is 1.67. The van der Waals surface area contributed by atoms with Gasteiger partial charge in [-0.3, -0.25) is 14.9 Å². The van der Waals surface area contributed by atoms with Crippen molar-refractivity contribution in [1.82, 2.24) is 5.32 Å². The summed E-state index contributed by atoms with van der Waals surface area (Å²) < 4.78 is 10.8. The van der Waals surface area contributed by atoms with Crippen LogP contribution in [0.2, 0.25) is 0 Å². The van der Waals surface area contributed by atoms with E-state index >= 15 is 0 Å². The first-order chi connectivity index (χ1) is 11.1. The summed E-state index contributed by atoms with van der Waals surface area (Å²) in [5, 5.41) is 1.88. The first kappa shape index (κ1) is 15.2. The minimum atomic E-state index is -0.362. The van der Waals surface area contributed by atoms with E-state index in [2.05, 4.69) is 5.32 Å². The molecule has 23 heavy (non-hydrogen) atoms. The van der Waals surface area contributed by atoms with Crippen molar-refractivity contribution in [3.05, 3.63) is 59.0 Å². The van der Waals surface area contributed by atoms with E-state index in [-0.39, 0.29) is 11.1 Å². The van der Waals surface area contributed by atoms with Crippen LogP contribution in [0, 0.1) is 0 Å². The van der Waals surface area contributed by atoms with Gasteiger partial charge in [-0.25, -0.2) is 0 Å². The van der Waals surface area contributed by atoms with Crippen LogP contribution in [0.4, 0.5) is 4.79 Å². The molecule has 2 aromatic carbocycles. The number of hydrogen-bond acceptors (Lipinski definition) is 5. The van der Waals surface area contributed by atoms with Crippen molar-refractivity contribution in [2.24, 2.45) is 0 Å². The molecule has 1 fully saturated rings. The molecule has 2 amide bonds. The maximum Gasteiger partial charge on any atom is 0.290 e. The largest absolute Gasteiger partial charge is 0.497 e. The van der Waals surface area contributed by atoms with E-state index in [1.165, 1.54) is 0 Å². The number of amides is 2. The van der Waals surface area contributed by atoms with Crippen molar-refractivity contribution >= 4 is 29.0 Å². The summed E-state index contributed by atoms with van der Waals surface area (Å²) in [5.74, 6) is 1.78. The zero-order chi connectivity index (χ0) is 16.2. The molecule has 2 aromatic rings. The van der Waals surface area contributed by atoms with E-state index in [0.29, 0.717) is 16.4 Å². The number of hydrogen-bond donors (Lipinski definition) is 1. The Labute approximate surface area is 137 Å². The van der Waals surface area contributed by atoms with Crippen molar-refractivity contribution in [1.29, 1.82) is 0 Å². The van der Waals surface area contributed by atoms with Gasteiger partial charge < -0.3 is 9.47 Å². The number of methoxy groups -OCH3 is 1. The Bertz CT molecular complexity index is 766. The van der Waals surface area contributed by atoms with Gasteiger partial charge in [0.25, 0.3) is 11.1 Å². The molecule has 0 aliphatic carbocycles. The lowest BCUT2D eigenvalue weighted by atomic mass is 10.2. The molecule has 6 heteroatoms. The van der Waals surface area contributed by atoms with Crippen LogP contribution in [-0.2, 0) is 4.79 Å². The summed E-state index contributed by atoms with van der Waals surface area (Å²) in [6.45, 7) is 0. The van der Waals surface area contributed by atoms with Crippen LogP contribution in [0.25, 0.3) is 6.08 Å². The molecule has 3 rings (SSSR count). The first-order valence-electron chi connectivity index (χ1n) is 6.81. The molecular weight excluding hydrogens is 314 g/mol. The van der Waals surface area contributed by atoms with Gasteiger partial charge in [-0.2, -0.15) is 0 Å². The second-order valence-corrected chi connectivity index (χ2v) is 5.71. The van der Waals surface area contributed by atoms with Crippen LogP contribution in [0.5, 0.6) is 17.2 Å². The van der Waals surface area contributed by atoms with Crippen LogP contribution < -0.4 is 14.8 Å². The molecular formula is C17H13NO4S. The van der Waals surface area contributed by atoms with Crippen LogP contribution in [-0.4, -0.2) is 18.3 Å². The molecule has 0 spiro atoms. The first-order valence-corrected chi connectivity index (χ1v) is 7.62. The van der Waals surface area contributed by atoms with Crippen LogP contribution in [0.1, 0.15) is 5.56 Å². The molecule has 5 nitrogen and oxygen atoms in total. The smallest absolute Gasteiger partial charge is 0.290 e. The Hall–Kier alpha value is -2.73. The van der Waals surface area contributed by atoms with E-state index in [0.717, 1.165) is 23.1 Å². The van der Waals surface area contributed by atoms with Gasteiger partial charge in [0.05, 0.1) is 12.0 Å². The monoisotopic (exact) mass is 327 g/mol. The quantitative estimate of drug-likeness (QED) is 0.865. The molecule has 0 bridgehead atoms. The second kappa shape index (κ2) is 6.58. The highest BCUT2D eigenvalue weighted by Gasteiger charge is 2.24. The van der Waals surface area contributed by atoms with Gasteiger partial charge in [0.15, 0.2) is 0 Å². The van der Waals surface area contributed by atoms with Crippen molar-refractivity contribution in [2.75, 3.05) is 7.11 Å². The molecule has 0 atom stereocenters. The lowest BCUT2D eigenvalue weighted by molar-refractivity contribution is -0.115. The molecule has 1 saturated heterocycles. The standard InChI is InChI=1S/C17H13NO4S/c1-21-12-6-8-14(9-7-12)22-13-4-2-11(3-5-13)10-15-16(19)18-17(20)23-15/h2-10H,1H3,(H,18,19,20)/b15-10-. The number of rotatable bonds is 4. The number of ether oxygens (including phenoxy) is 2. The third kappa shape index (κ3) is 3.73. The Morgan fingerprint density at radius 1 is 0.913 bits per heavy atom. The van der Waals surface area contributed by atoms with Crippen LogP contribution >= 0.6 is 11.8 Å². The lowest BCUT2D eigenvalue weighted by Gasteiger charge is -2.07. The van der Waals surface area contributed by atoms with E-state index in [1.54, 1.807) is 25.3 Å². The number of thioether (sulfide) groups is 1. The Morgan fingerprint density at radius 2 is 1.48 bits per heavy atom. The molecule has 0 saturated carbocycles. The maximum absolute atomic E-state index is 11.5. The van der Waals surface area contributed by atoms with Crippen LogP contribution in [0.15, 0.2) is 53.4 Å². The summed E-state index contributed by atoms with van der Waals surface area (Å²) >= 11 is 0.897. The SMILES string of the molecule is COc1ccc(Oc2ccc(/C=C3\SC(=O)NC3=O)cc2)cc1. The lowest BCUT2D eigenvalue weighted by Crippen LogP contribution is -2.17. The second-order valence-electron chi connectivity index (χ2n) is 4.70. The van der Waals surface area contributed by atoms with Gasteiger partial charge in [-0.1, -0.05) is 12.1 Å². The zero-order valence-corrected chi connectivity index (χ0v) is 13.1. The molecule has 1 aliphatic rings. The topological polar surface area (TPSA) is 64.6 Å². The fourth-order valence-corrected chi connectivity index (χ4v) is 2.67. The Morgan fingerprint density at radius 3 is 2.00 bits per heavy atom. The van der Waals surface area contributed by atoms with Crippen molar-refractivity contribution < 1.29 is 19.1 Å². The van der Waals surface area contributed by atoms with Crippen LogP contribution in [0.3, 0.4) is 0 Å². The highest BCUT2D eigenvalue weighted by atomic mass is 32.2. The fourth-order valence-electron chi connectivity index (χ4n) is 1.98. The number of nitrogens with one attached hydrogen (secondary N) is 1. The summed E-state index contributed by atoms with van der Waals surface area (Å²) in [4.78, 5) is 23.0. The van der Waals surface area contributed by atoms with Gasteiger partial charge in [0, 0.05) is 0 Å². The van der Waals surface area contributed by atoms with E-state index in [9.17, 15) is 9.59 Å². The average molecular weight is 327 g/mol. The Balaban J connectivity index is 1.70. The van der Waals surface area contributed by atoms with E-state index in [4.69, 9.17) is 9.47 Å². The van der Waals surface area contributed by atoms with Gasteiger partial charge in [0.1, 0.15) is 17.2 Å². The molecule has 116 valence electrons. The van der Waals surface area contributed by atoms with Crippen molar-refractivity contribution in [3.8, 4) is 17.2 Å². The normalized spacial score (nSPS) is 15.6. The molecule has 1 heterocycles. The van der Waals surface area contributed by atoms with Gasteiger partial charge in [-0.15, -0.1) is 0 Å². The maximum atomic E-state index is 11.5. The number of carbonyl (C=O) groups is 2. The highest BCUT2D eigenvalue weighted by Crippen LogP contribution is 2.27. The number of benzene rings is 2. The zero-order valence-electron chi connectivity index (χ0n) is 12.2. The number of carbonyl (C=O) groups excluding carboxylic acids is 2. The minimum absolute atomic E-state index is 0.347. The molecule has 1 N–H and O–H groups in total. The predicted octanol–water partition coefficient (Wildman–Crippen LogP) is 3.81. The summed E-state index contributed by atoms with van der Waals surface area (Å²) in [7, 11) is 1.61.